The lowest BCUT2D eigenvalue weighted by Gasteiger charge is -2.29. The maximum Gasteiger partial charge on any atom is 0.266 e. The van der Waals surface area contributed by atoms with E-state index in [1.807, 2.05) is 6.07 Å². The van der Waals surface area contributed by atoms with Crippen LogP contribution in [0.1, 0.15) is 11.6 Å². The molecular weight excluding hydrogens is 435 g/mol. The summed E-state index contributed by atoms with van der Waals surface area (Å²) < 4.78 is 20.2. The third-order valence-electron chi connectivity index (χ3n) is 5.73. The molecule has 0 N–H and O–H groups in total. The minimum absolute atomic E-state index is 0.110. The van der Waals surface area contributed by atoms with Gasteiger partial charge < -0.3 is 4.74 Å². The van der Waals surface area contributed by atoms with Gasteiger partial charge in [-0.2, -0.15) is 0 Å². The summed E-state index contributed by atoms with van der Waals surface area (Å²) >= 11 is 6.38. The molecule has 2 aliphatic rings. The van der Waals surface area contributed by atoms with Crippen LogP contribution in [0.3, 0.4) is 0 Å². The summed E-state index contributed by atoms with van der Waals surface area (Å²) in [7, 11) is 1.50. The average molecular weight is 453 g/mol. The standard InChI is InChI=1S/C24H18ClFN2O4/c1-31-16-10-5-9-15(13-16)27-23(29)20-21(19-17(25)11-6-12-18(19)26)28(32-22(20)24(27)30)14-7-3-2-4-8-14/h2-13,20-22H,1H3/t20-,21-,22+/m1/s1. The molecule has 6 nitrogen and oxygen atoms in total. The molecule has 0 bridgehead atoms. The number of para-hydroxylation sites is 1. The minimum Gasteiger partial charge on any atom is -0.497 e. The number of fused-ring (bicyclic) bond motifs is 1. The summed E-state index contributed by atoms with van der Waals surface area (Å²) in [5.74, 6) is -2.07. The number of hydroxylamine groups is 1. The molecule has 2 heterocycles. The second-order valence-corrected chi connectivity index (χ2v) is 7.91. The Bertz CT molecular complexity index is 1190. The topological polar surface area (TPSA) is 59.1 Å². The first kappa shape index (κ1) is 20.5. The first-order valence-corrected chi connectivity index (χ1v) is 10.4. The Hall–Kier alpha value is -3.42. The highest BCUT2D eigenvalue weighted by Crippen LogP contribution is 2.49. The Balaban J connectivity index is 1.62. The van der Waals surface area contributed by atoms with Gasteiger partial charge in [0, 0.05) is 16.7 Å². The SMILES string of the molecule is COc1cccc(N2C(=O)[C@H]3[C@H](ON(c4ccccc4)[C@@H]3c3c(F)cccc3Cl)C2=O)c1. The maximum absolute atomic E-state index is 15.0. The number of imide groups is 1. The number of amides is 2. The van der Waals surface area contributed by atoms with Crippen molar-refractivity contribution in [2.45, 2.75) is 12.1 Å². The van der Waals surface area contributed by atoms with Crippen molar-refractivity contribution in [3.05, 3.63) is 89.2 Å². The van der Waals surface area contributed by atoms with Crippen LogP contribution >= 0.6 is 11.6 Å². The van der Waals surface area contributed by atoms with E-state index in [0.29, 0.717) is 17.1 Å². The summed E-state index contributed by atoms with van der Waals surface area (Å²) in [5.41, 5.74) is 1.06. The molecule has 0 aromatic heterocycles. The molecule has 3 aromatic rings. The Morgan fingerprint density at radius 2 is 1.66 bits per heavy atom. The van der Waals surface area contributed by atoms with E-state index in [0.717, 1.165) is 4.90 Å². The number of carbonyl (C=O) groups excluding carboxylic acids is 2. The Kier molecular flexibility index (Phi) is 5.07. The molecule has 3 aromatic carbocycles. The number of ether oxygens (including phenoxy) is 1. The molecule has 2 aliphatic heterocycles. The summed E-state index contributed by atoms with van der Waals surface area (Å²) in [6.45, 7) is 0. The van der Waals surface area contributed by atoms with Gasteiger partial charge in [0.15, 0.2) is 6.10 Å². The summed E-state index contributed by atoms with van der Waals surface area (Å²) in [6.07, 6.45) is -1.12. The highest BCUT2D eigenvalue weighted by Gasteiger charge is 2.61. The first-order chi connectivity index (χ1) is 15.5. The molecule has 8 heteroatoms. The Labute approximate surface area is 188 Å². The third kappa shape index (κ3) is 3.13. The molecule has 2 amide bonds. The van der Waals surface area contributed by atoms with Crippen molar-refractivity contribution in [3.8, 4) is 5.75 Å². The van der Waals surface area contributed by atoms with E-state index in [-0.39, 0.29) is 10.6 Å². The van der Waals surface area contributed by atoms with Crippen molar-refractivity contribution < 1.29 is 23.6 Å². The monoisotopic (exact) mass is 452 g/mol. The quantitative estimate of drug-likeness (QED) is 0.544. The lowest BCUT2D eigenvalue weighted by atomic mass is 9.90. The van der Waals surface area contributed by atoms with Crippen LogP contribution in [0.2, 0.25) is 5.02 Å². The van der Waals surface area contributed by atoms with Crippen molar-refractivity contribution in [3.63, 3.8) is 0 Å². The summed E-state index contributed by atoms with van der Waals surface area (Å²) in [5, 5.41) is 1.57. The van der Waals surface area contributed by atoms with Gasteiger partial charge in [0.1, 0.15) is 23.5 Å². The highest BCUT2D eigenvalue weighted by molar-refractivity contribution is 6.31. The number of rotatable bonds is 4. The van der Waals surface area contributed by atoms with E-state index in [2.05, 4.69) is 0 Å². The third-order valence-corrected chi connectivity index (χ3v) is 6.06. The molecule has 0 unspecified atom stereocenters. The molecule has 5 rings (SSSR count). The van der Waals surface area contributed by atoms with Gasteiger partial charge in [-0.05, 0) is 36.4 Å². The second kappa shape index (κ2) is 7.93. The van der Waals surface area contributed by atoms with Crippen LogP contribution in [0.5, 0.6) is 5.75 Å². The van der Waals surface area contributed by atoms with Gasteiger partial charge in [-0.25, -0.2) is 14.4 Å². The van der Waals surface area contributed by atoms with E-state index >= 15 is 0 Å². The molecule has 2 fully saturated rings. The molecule has 2 saturated heterocycles. The normalized spacial score (nSPS) is 22.4. The summed E-state index contributed by atoms with van der Waals surface area (Å²) in [4.78, 5) is 34.0. The van der Waals surface area contributed by atoms with Gasteiger partial charge in [0.25, 0.3) is 5.91 Å². The van der Waals surface area contributed by atoms with Gasteiger partial charge in [0.05, 0.1) is 18.5 Å². The molecule has 32 heavy (non-hydrogen) atoms. The van der Waals surface area contributed by atoms with Gasteiger partial charge in [-0.1, -0.05) is 41.9 Å². The molecular formula is C24H18ClFN2O4. The van der Waals surface area contributed by atoms with Gasteiger partial charge in [-0.3, -0.25) is 14.4 Å². The maximum atomic E-state index is 15.0. The number of nitrogens with zero attached hydrogens (tertiary/aromatic N) is 2. The van der Waals surface area contributed by atoms with E-state index in [1.54, 1.807) is 54.6 Å². The number of hydrogen-bond donors (Lipinski definition) is 0. The van der Waals surface area contributed by atoms with E-state index < -0.39 is 35.7 Å². The van der Waals surface area contributed by atoms with Crippen LogP contribution in [-0.4, -0.2) is 25.0 Å². The fraction of sp³-hybridized carbons (Fsp3) is 0.167. The van der Waals surface area contributed by atoms with Crippen LogP contribution in [0, 0.1) is 11.7 Å². The molecule has 0 radical (unpaired) electrons. The van der Waals surface area contributed by atoms with E-state index in [4.69, 9.17) is 21.2 Å². The lowest BCUT2D eigenvalue weighted by Crippen LogP contribution is -2.37. The first-order valence-electron chi connectivity index (χ1n) is 9.98. The molecule has 3 atom stereocenters. The fourth-order valence-electron chi connectivity index (χ4n) is 4.30. The smallest absolute Gasteiger partial charge is 0.266 e. The van der Waals surface area contributed by atoms with E-state index in [9.17, 15) is 14.0 Å². The molecule has 162 valence electrons. The lowest BCUT2D eigenvalue weighted by molar-refractivity contribution is -0.126. The zero-order chi connectivity index (χ0) is 22.4. The summed E-state index contributed by atoms with van der Waals surface area (Å²) in [6, 6.07) is 19.0. The van der Waals surface area contributed by atoms with Crippen LogP contribution in [0.15, 0.2) is 72.8 Å². The van der Waals surface area contributed by atoms with Crippen LogP contribution in [0.25, 0.3) is 0 Å². The number of methoxy groups -OCH3 is 1. The largest absolute Gasteiger partial charge is 0.497 e. The zero-order valence-corrected chi connectivity index (χ0v) is 17.7. The van der Waals surface area contributed by atoms with Gasteiger partial charge in [-0.15, -0.1) is 0 Å². The average Bonchev–Trinajstić information content (AvgIpc) is 3.30. The van der Waals surface area contributed by atoms with E-state index in [1.165, 1.54) is 24.3 Å². The van der Waals surface area contributed by atoms with Gasteiger partial charge >= 0.3 is 0 Å². The number of anilines is 2. The number of halogens is 2. The van der Waals surface area contributed by atoms with Crippen LogP contribution in [-0.2, 0) is 14.4 Å². The Morgan fingerprint density at radius 1 is 0.938 bits per heavy atom. The van der Waals surface area contributed by atoms with Crippen LogP contribution < -0.4 is 14.7 Å². The van der Waals surface area contributed by atoms with Gasteiger partial charge in [0.2, 0.25) is 5.91 Å². The predicted molar refractivity (Wildman–Crippen MR) is 117 cm³/mol. The van der Waals surface area contributed by atoms with Crippen molar-refractivity contribution in [2.24, 2.45) is 5.92 Å². The van der Waals surface area contributed by atoms with Crippen molar-refractivity contribution in [1.29, 1.82) is 0 Å². The number of carbonyl (C=O) groups is 2. The molecule has 0 saturated carbocycles. The highest BCUT2D eigenvalue weighted by atomic mass is 35.5. The zero-order valence-electron chi connectivity index (χ0n) is 16.9. The fourth-order valence-corrected chi connectivity index (χ4v) is 4.58. The van der Waals surface area contributed by atoms with Crippen molar-refractivity contribution >= 4 is 34.8 Å². The van der Waals surface area contributed by atoms with Crippen molar-refractivity contribution in [2.75, 3.05) is 17.1 Å². The second-order valence-electron chi connectivity index (χ2n) is 7.51. The van der Waals surface area contributed by atoms with Crippen molar-refractivity contribution in [1.82, 2.24) is 0 Å². The Morgan fingerprint density at radius 3 is 2.38 bits per heavy atom. The number of hydrogen-bond acceptors (Lipinski definition) is 5. The minimum atomic E-state index is -1.12. The predicted octanol–water partition coefficient (Wildman–Crippen LogP) is 4.54. The molecule has 0 spiro atoms. The van der Waals surface area contributed by atoms with Crippen LogP contribution in [0.4, 0.5) is 15.8 Å². The molecule has 0 aliphatic carbocycles. The number of benzene rings is 3.